The number of nitrogens with one attached hydrogen (secondary N) is 1. The van der Waals surface area contributed by atoms with E-state index in [2.05, 4.69) is 26.1 Å². The smallest absolute Gasteiger partial charge is 0.265 e. The summed E-state index contributed by atoms with van der Waals surface area (Å²) < 4.78 is 5.64. The van der Waals surface area contributed by atoms with Crippen LogP contribution in [0.25, 0.3) is 0 Å². The van der Waals surface area contributed by atoms with Crippen molar-refractivity contribution in [3.63, 3.8) is 0 Å². The third-order valence-electron chi connectivity index (χ3n) is 1.01. The molecule has 0 atom stereocenters. The van der Waals surface area contributed by atoms with Crippen molar-refractivity contribution in [2.45, 2.75) is 6.92 Å². The molecule has 60 valence electrons. The number of H-pyrrole nitrogens is 1. The zero-order chi connectivity index (χ0) is 8.27. The second kappa shape index (κ2) is 3.52. The first-order chi connectivity index (χ1) is 5.24. The van der Waals surface area contributed by atoms with Crippen molar-refractivity contribution in [1.29, 1.82) is 0 Å². The van der Waals surface area contributed by atoms with Crippen LogP contribution in [0.5, 0.6) is 5.88 Å². The summed E-state index contributed by atoms with van der Waals surface area (Å²) in [6.45, 7) is 2.37. The van der Waals surface area contributed by atoms with Crippen LogP contribution in [0.3, 0.4) is 0 Å². The van der Waals surface area contributed by atoms with Crippen molar-refractivity contribution in [2.24, 2.45) is 0 Å². The lowest BCUT2D eigenvalue weighted by atomic mass is 10.5. The lowest BCUT2D eigenvalue weighted by Gasteiger charge is -2.00. The molecule has 1 rings (SSSR count). The van der Waals surface area contributed by atoms with Crippen LogP contribution in [0, 0.1) is 0 Å². The quantitative estimate of drug-likeness (QED) is 0.804. The number of ether oxygens (including phenoxy) is 1. The lowest BCUT2D eigenvalue weighted by Crippen LogP contribution is -2.08. The molecule has 1 aromatic heterocycles. The van der Waals surface area contributed by atoms with E-state index >= 15 is 0 Å². The van der Waals surface area contributed by atoms with Gasteiger partial charge in [0.2, 0.25) is 5.88 Å². The van der Waals surface area contributed by atoms with Gasteiger partial charge in [0, 0.05) is 6.07 Å². The van der Waals surface area contributed by atoms with E-state index in [0.717, 1.165) is 0 Å². The Balaban J connectivity index is 2.99. The van der Waals surface area contributed by atoms with Crippen LogP contribution in [-0.4, -0.2) is 16.8 Å². The third kappa shape index (κ3) is 2.04. The first-order valence-corrected chi connectivity index (χ1v) is 3.91. The van der Waals surface area contributed by atoms with E-state index < -0.39 is 0 Å². The Morgan fingerprint density at radius 2 is 2.55 bits per heavy atom. The van der Waals surface area contributed by atoms with Gasteiger partial charge in [-0.3, -0.25) is 4.79 Å². The highest BCUT2D eigenvalue weighted by atomic mass is 79.9. The molecule has 1 heterocycles. The summed E-state index contributed by atoms with van der Waals surface area (Å²) in [6.07, 6.45) is 0. The summed E-state index contributed by atoms with van der Waals surface area (Å²) in [6, 6.07) is 1.37. The fourth-order valence-corrected chi connectivity index (χ4v) is 1.02. The highest BCUT2D eigenvalue weighted by molar-refractivity contribution is 9.10. The average molecular weight is 219 g/mol. The topological polar surface area (TPSA) is 55.0 Å². The van der Waals surface area contributed by atoms with Crippen LogP contribution in [0.15, 0.2) is 15.3 Å². The fraction of sp³-hybridized carbons (Fsp3) is 0.333. The molecule has 0 unspecified atom stereocenters. The molecule has 1 aromatic rings. The number of halogens is 1. The molecular formula is C6H7BrN2O2. The second-order valence-corrected chi connectivity index (χ2v) is 2.67. The van der Waals surface area contributed by atoms with E-state index in [1.807, 2.05) is 6.92 Å². The number of nitrogens with zero attached hydrogens (tertiary/aromatic N) is 1. The summed E-state index contributed by atoms with van der Waals surface area (Å²) >= 11 is 3.14. The van der Waals surface area contributed by atoms with Gasteiger partial charge in [0.15, 0.2) is 0 Å². The Hall–Kier alpha value is -0.840. The van der Waals surface area contributed by atoms with Gasteiger partial charge in [-0.2, -0.15) is 0 Å². The Kier molecular flexibility index (Phi) is 2.64. The molecule has 0 spiro atoms. The summed E-state index contributed by atoms with van der Waals surface area (Å²) in [5.74, 6) is 0.409. The van der Waals surface area contributed by atoms with Crippen LogP contribution < -0.4 is 10.3 Å². The first-order valence-electron chi connectivity index (χ1n) is 3.12. The summed E-state index contributed by atoms with van der Waals surface area (Å²) in [4.78, 5) is 10.6. The van der Waals surface area contributed by atoms with Gasteiger partial charge >= 0.3 is 0 Å². The molecule has 0 aliphatic rings. The van der Waals surface area contributed by atoms with Gasteiger partial charge in [0.05, 0.1) is 11.1 Å². The van der Waals surface area contributed by atoms with Crippen LogP contribution in [0.1, 0.15) is 6.92 Å². The summed E-state index contributed by atoms with van der Waals surface area (Å²) in [5.41, 5.74) is -0.250. The molecule has 0 saturated heterocycles. The maximum Gasteiger partial charge on any atom is 0.265 e. The predicted octanol–water partition coefficient (Wildman–Crippen LogP) is 0.931. The number of rotatable bonds is 2. The average Bonchev–Trinajstić information content (AvgIpc) is 1.95. The number of hydrogen-bond donors (Lipinski definition) is 1. The molecular weight excluding hydrogens is 212 g/mol. The molecule has 0 radical (unpaired) electrons. The Bertz CT molecular complexity index is 297. The SMILES string of the molecule is CCOc1n[nH]c(=O)cc1Br. The predicted molar refractivity (Wildman–Crippen MR) is 43.7 cm³/mol. The Morgan fingerprint density at radius 1 is 1.82 bits per heavy atom. The van der Waals surface area contributed by atoms with Gasteiger partial charge in [-0.15, -0.1) is 5.10 Å². The molecule has 0 aliphatic carbocycles. The van der Waals surface area contributed by atoms with Gasteiger partial charge in [0.25, 0.3) is 5.56 Å². The van der Waals surface area contributed by atoms with Gasteiger partial charge in [0.1, 0.15) is 0 Å². The van der Waals surface area contributed by atoms with Gasteiger partial charge in [-0.25, -0.2) is 5.10 Å². The molecule has 0 saturated carbocycles. The molecule has 0 aromatic carbocycles. The standard InChI is InChI=1S/C6H7BrN2O2/c1-2-11-6-4(7)3-5(10)8-9-6/h3H,2H2,1H3,(H,8,10). The van der Waals surface area contributed by atoms with Gasteiger partial charge in [-0.1, -0.05) is 0 Å². The molecule has 11 heavy (non-hydrogen) atoms. The van der Waals surface area contributed by atoms with Gasteiger partial charge < -0.3 is 4.74 Å². The van der Waals surface area contributed by atoms with E-state index in [1.54, 1.807) is 0 Å². The molecule has 4 nitrogen and oxygen atoms in total. The molecule has 0 bridgehead atoms. The zero-order valence-corrected chi connectivity index (χ0v) is 7.51. The summed E-state index contributed by atoms with van der Waals surface area (Å²) in [5, 5.41) is 5.93. The van der Waals surface area contributed by atoms with Crippen molar-refractivity contribution in [2.75, 3.05) is 6.61 Å². The number of aromatic nitrogens is 2. The van der Waals surface area contributed by atoms with Crippen LogP contribution >= 0.6 is 15.9 Å². The van der Waals surface area contributed by atoms with E-state index in [-0.39, 0.29) is 5.56 Å². The third-order valence-corrected chi connectivity index (χ3v) is 1.58. The lowest BCUT2D eigenvalue weighted by molar-refractivity contribution is 0.320. The maximum absolute atomic E-state index is 10.6. The highest BCUT2D eigenvalue weighted by Crippen LogP contribution is 2.17. The van der Waals surface area contributed by atoms with Crippen LogP contribution in [-0.2, 0) is 0 Å². The number of aromatic amines is 1. The Labute approximate surface area is 71.7 Å². The minimum atomic E-state index is -0.250. The highest BCUT2D eigenvalue weighted by Gasteiger charge is 2.00. The van der Waals surface area contributed by atoms with E-state index in [9.17, 15) is 4.79 Å². The maximum atomic E-state index is 10.6. The molecule has 0 amide bonds. The van der Waals surface area contributed by atoms with Gasteiger partial charge in [-0.05, 0) is 22.9 Å². The van der Waals surface area contributed by atoms with Crippen molar-refractivity contribution < 1.29 is 4.74 Å². The van der Waals surface area contributed by atoms with E-state index in [0.29, 0.717) is 17.0 Å². The first kappa shape index (κ1) is 8.26. The van der Waals surface area contributed by atoms with Crippen molar-refractivity contribution in [1.82, 2.24) is 10.2 Å². The van der Waals surface area contributed by atoms with E-state index in [1.165, 1.54) is 6.07 Å². The van der Waals surface area contributed by atoms with Crippen LogP contribution in [0.2, 0.25) is 0 Å². The minimum absolute atomic E-state index is 0.250. The minimum Gasteiger partial charge on any atom is -0.476 e. The zero-order valence-electron chi connectivity index (χ0n) is 5.93. The largest absolute Gasteiger partial charge is 0.476 e. The van der Waals surface area contributed by atoms with Crippen LogP contribution in [0.4, 0.5) is 0 Å². The fourth-order valence-electron chi connectivity index (χ4n) is 0.606. The Morgan fingerprint density at radius 3 is 3.09 bits per heavy atom. The molecule has 5 heteroatoms. The normalized spacial score (nSPS) is 9.64. The van der Waals surface area contributed by atoms with E-state index in [4.69, 9.17) is 4.74 Å². The number of hydrogen-bond acceptors (Lipinski definition) is 3. The van der Waals surface area contributed by atoms with Crippen molar-refractivity contribution >= 4 is 15.9 Å². The summed E-state index contributed by atoms with van der Waals surface area (Å²) in [7, 11) is 0. The molecule has 1 N–H and O–H groups in total. The van der Waals surface area contributed by atoms with Crippen molar-refractivity contribution in [3.8, 4) is 5.88 Å². The molecule has 0 fully saturated rings. The van der Waals surface area contributed by atoms with Crippen molar-refractivity contribution in [3.05, 3.63) is 20.9 Å². The molecule has 0 aliphatic heterocycles. The monoisotopic (exact) mass is 218 g/mol. The second-order valence-electron chi connectivity index (χ2n) is 1.82.